The van der Waals surface area contributed by atoms with E-state index in [0.29, 0.717) is 6.04 Å². The molecule has 0 aliphatic rings. The number of rotatable bonds is 6. The molecule has 1 aromatic rings. The van der Waals surface area contributed by atoms with Crippen LogP contribution in [0.1, 0.15) is 38.3 Å². The van der Waals surface area contributed by atoms with Crippen molar-refractivity contribution in [3.05, 3.63) is 34.3 Å². The quantitative estimate of drug-likeness (QED) is 0.860. The van der Waals surface area contributed by atoms with Crippen LogP contribution in [0.2, 0.25) is 0 Å². The molecular formula is C14H22BrNO. The molecule has 0 aromatic heterocycles. The Morgan fingerprint density at radius 3 is 2.65 bits per heavy atom. The maximum absolute atomic E-state index is 5.46. The average Bonchev–Trinajstić information content (AvgIpc) is 2.30. The summed E-state index contributed by atoms with van der Waals surface area (Å²) in [6.45, 7) is 4.25. The zero-order valence-electron chi connectivity index (χ0n) is 11.1. The number of methoxy groups -OCH3 is 1. The second kappa shape index (κ2) is 6.53. The van der Waals surface area contributed by atoms with Gasteiger partial charge in [0.15, 0.2) is 0 Å². The van der Waals surface area contributed by atoms with E-state index in [1.54, 1.807) is 7.11 Å². The van der Waals surface area contributed by atoms with Crippen molar-refractivity contribution in [2.75, 3.05) is 14.2 Å². The van der Waals surface area contributed by atoms with E-state index in [1.165, 1.54) is 5.56 Å². The van der Waals surface area contributed by atoms with Gasteiger partial charge in [-0.05, 0) is 51.4 Å². The average molecular weight is 300 g/mol. The Labute approximate surface area is 113 Å². The van der Waals surface area contributed by atoms with Gasteiger partial charge in [0.1, 0.15) is 0 Å². The molecule has 0 radical (unpaired) electrons. The smallest absolute Gasteiger partial charge is 0.0623 e. The minimum Gasteiger partial charge on any atom is -0.379 e. The van der Waals surface area contributed by atoms with Crippen molar-refractivity contribution in [2.45, 2.75) is 38.3 Å². The number of halogens is 1. The van der Waals surface area contributed by atoms with Crippen LogP contribution in [0.5, 0.6) is 0 Å². The Morgan fingerprint density at radius 2 is 2.12 bits per heavy atom. The Balaban J connectivity index is 2.66. The lowest BCUT2D eigenvalue weighted by atomic mass is 9.95. The van der Waals surface area contributed by atoms with E-state index in [-0.39, 0.29) is 5.60 Å². The van der Waals surface area contributed by atoms with E-state index in [0.717, 1.165) is 17.3 Å². The SMILES string of the molecule is CNC(CCC(C)(C)OC)c1cccc(Br)c1. The molecule has 0 amide bonds. The molecule has 1 unspecified atom stereocenters. The third-order valence-electron chi connectivity index (χ3n) is 3.19. The summed E-state index contributed by atoms with van der Waals surface area (Å²) in [5, 5.41) is 3.37. The van der Waals surface area contributed by atoms with E-state index in [9.17, 15) is 0 Å². The van der Waals surface area contributed by atoms with E-state index in [2.05, 4.69) is 59.4 Å². The van der Waals surface area contributed by atoms with Crippen molar-refractivity contribution in [1.29, 1.82) is 0 Å². The fourth-order valence-corrected chi connectivity index (χ4v) is 2.21. The van der Waals surface area contributed by atoms with Crippen molar-refractivity contribution >= 4 is 15.9 Å². The summed E-state index contributed by atoms with van der Waals surface area (Å²) < 4.78 is 6.58. The van der Waals surface area contributed by atoms with E-state index < -0.39 is 0 Å². The van der Waals surface area contributed by atoms with Crippen LogP contribution in [-0.4, -0.2) is 19.8 Å². The van der Waals surface area contributed by atoms with Gasteiger partial charge in [0.2, 0.25) is 0 Å². The number of hydrogen-bond acceptors (Lipinski definition) is 2. The van der Waals surface area contributed by atoms with Gasteiger partial charge >= 0.3 is 0 Å². The monoisotopic (exact) mass is 299 g/mol. The van der Waals surface area contributed by atoms with Crippen LogP contribution in [-0.2, 0) is 4.74 Å². The van der Waals surface area contributed by atoms with Crippen molar-refractivity contribution in [3.8, 4) is 0 Å². The van der Waals surface area contributed by atoms with Crippen LogP contribution < -0.4 is 5.32 Å². The fraction of sp³-hybridized carbons (Fsp3) is 0.571. The van der Waals surface area contributed by atoms with Crippen molar-refractivity contribution in [3.63, 3.8) is 0 Å². The van der Waals surface area contributed by atoms with Gasteiger partial charge in [-0.15, -0.1) is 0 Å². The summed E-state index contributed by atoms with van der Waals surface area (Å²) in [7, 11) is 3.78. The molecule has 0 bridgehead atoms. The summed E-state index contributed by atoms with van der Waals surface area (Å²) in [5.41, 5.74) is 1.26. The molecule has 1 rings (SSSR count). The molecule has 0 aliphatic carbocycles. The highest BCUT2D eigenvalue weighted by Gasteiger charge is 2.19. The molecule has 0 heterocycles. The predicted molar refractivity (Wildman–Crippen MR) is 76.3 cm³/mol. The summed E-state index contributed by atoms with van der Waals surface area (Å²) in [6.07, 6.45) is 2.09. The lowest BCUT2D eigenvalue weighted by Crippen LogP contribution is -2.25. The zero-order valence-corrected chi connectivity index (χ0v) is 12.7. The van der Waals surface area contributed by atoms with Gasteiger partial charge in [0, 0.05) is 17.6 Å². The topological polar surface area (TPSA) is 21.3 Å². The minimum atomic E-state index is -0.0545. The molecule has 0 spiro atoms. The van der Waals surface area contributed by atoms with Crippen molar-refractivity contribution in [1.82, 2.24) is 5.32 Å². The molecule has 2 nitrogen and oxygen atoms in total. The molecule has 0 aliphatic heterocycles. The summed E-state index contributed by atoms with van der Waals surface area (Å²) in [5.74, 6) is 0. The van der Waals surface area contributed by atoms with Gasteiger partial charge in [-0.1, -0.05) is 28.1 Å². The van der Waals surface area contributed by atoms with Crippen LogP contribution in [0.25, 0.3) is 0 Å². The standard InChI is InChI=1S/C14H22BrNO/c1-14(2,17-4)9-8-13(16-3)11-6-5-7-12(15)10-11/h5-7,10,13,16H,8-9H2,1-4H3. The Morgan fingerprint density at radius 1 is 1.41 bits per heavy atom. The fourth-order valence-electron chi connectivity index (χ4n) is 1.80. The first-order chi connectivity index (χ1) is 7.98. The maximum Gasteiger partial charge on any atom is 0.0623 e. The first-order valence-electron chi connectivity index (χ1n) is 5.96. The van der Waals surface area contributed by atoms with E-state index in [4.69, 9.17) is 4.74 Å². The highest BCUT2D eigenvalue weighted by Crippen LogP contribution is 2.25. The van der Waals surface area contributed by atoms with Crippen LogP contribution in [0.4, 0.5) is 0 Å². The van der Waals surface area contributed by atoms with Crippen molar-refractivity contribution < 1.29 is 4.74 Å². The summed E-state index contributed by atoms with van der Waals surface area (Å²) >= 11 is 3.51. The van der Waals surface area contributed by atoms with Gasteiger partial charge < -0.3 is 10.1 Å². The van der Waals surface area contributed by atoms with Crippen LogP contribution in [0, 0.1) is 0 Å². The number of ether oxygens (including phenoxy) is 1. The van der Waals surface area contributed by atoms with Crippen LogP contribution >= 0.6 is 15.9 Å². The zero-order chi connectivity index (χ0) is 12.9. The highest BCUT2D eigenvalue weighted by atomic mass is 79.9. The summed E-state index contributed by atoms with van der Waals surface area (Å²) in [4.78, 5) is 0. The van der Waals surface area contributed by atoms with Crippen molar-refractivity contribution in [2.24, 2.45) is 0 Å². The second-order valence-electron chi connectivity index (χ2n) is 4.90. The third-order valence-corrected chi connectivity index (χ3v) is 3.68. The first kappa shape index (κ1) is 14.7. The molecular weight excluding hydrogens is 278 g/mol. The number of nitrogens with one attached hydrogen (secondary N) is 1. The van der Waals surface area contributed by atoms with Crippen LogP contribution in [0.3, 0.4) is 0 Å². The van der Waals surface area contributed by atoms with Gasteiger partial charge in [-0.3, -0.25) is 0 Å². The molecule has 0 saturated heterocycles. The van der Waals surface area contributed by atoms with Gasteiger partial charge in [0.25, 0.3) is 0 Å². The minimum absolute atomic E-state index is 0.0545. The highest BCUT2D eigenvalue weighted by molar-refractivity contribution is 9.10. The van der Waals surface area contributed by atoms with Gasteiger partial charge in [-0.2, -0.15) is 0 Å². The largest absolute Gasteiger partial charge is 0.379 e. The molecule has 1 atom stereocenters. The van der Waals surface area contributed by atoms with E-state index >= 15 is 0 Å². The first-order valence-corrected chi connectivity index (χ1v) is 6.75. The number of benzene rings is 1. The predicted octanol–water partition coefficient (Wildman–Crippen LogP) is 3.91. The Bertz CT molecular complexity index is 352. The molecule has 0 saturated carbocycles. The second-order valence-corrected chi connectivity index (χ2v) is 5.81. The van der Waals surface area contributed by atoms with Gasteiger partial charge in [0.05, 0.1) is 5.60 Å². The number of hydrogen-bond donors (Lipinski definition) is 1. The maximum atomic E-state index is 5.46. The lowest BCUT2D eigenvalue weighted by molar-refractivity contribution is 0.0118. The molecule has 96 valence electrons. The normalized spacial score (nSPS) is 13.7. The van der Waals surface area contributed by atoms with Crippen LogP contribution in [0.15, 0.2) is 28.7 Å². The van der Waals surface area contributed by atoms with Gasteiger partial charge in [-0.25, -0.2) is 0 Å². The molecule has 0 fully saturated rings. The Kier molecular flexibility index (Phi) is 5.63. The summed E-state index contributed by atoms with van der Waals surface area (Å²) in [6, 6.07) is 8.83. The Hall–Kier alpha value is -0.380. The molecule has 1 aromatic carbocycles. The molecule has 17 heavy (non-hydrogen) atoms. The lowest BCUT2D eigenvalue weighted by Gasteiger charge is -2.26. The molecule has 1 N–H and O–H groups in total. The third kappa shape index (κ3) is 4.78. The van der Waals surface area contributed by atoms with E-state index in [1.807, 2.05) is 7.05 Å². The molecule has 3 heteroatoms.